The van der Waals surface area contributed by atoms with Crippen LogP contribution in [0.3, 0.4) is 0 Å². The Morgan fingerprint density at radius 3 is 2.56 bits per heavy atom. The summed E-state index contributed by atoms with van der Waals surface area (Å²) in [5.74, 6) is 0. The molecule has 0 saturated heterocycles. The molecule has 0 amide bonds. The van der Waals surface area contributed by atoms with Gasteiger partial charge in [-0.1, -0.05) is 23.8 Å². The first-order valence-electron chi connectivity index (χ1n) is 5.65. The lowest BCUT2D eigenvalue weighted by Gasteiger charge is -2.14. The highest BCUT2D eigenvalue weighted by Crippen LogP contribution is 2.35. The van der Waals surface area contributed by atoms with Gasteiger partial charge in [-0.15, -0.1) is 0 Å². The number of sulfonamides is 1. The Hall–Kier alpha value is -0.870. The number of hydrogen-bond acceptors (Lipinski definition) is 2. The maximum atomic E-state index is 12.1. The van der Waals surface area contributed by atoms with Gasteiger partial charge in [-0.25, -0.2) is 8.42 Å². The summed E-state index contributed by atoms with van der Waals surface area (Å²) in [7, 11) is -3.01. The summed E-state index contributed by atoms with van der Waals surface area (Å²) >= 11 is 0. The van der Waals surface area contributed by atoms with Crippen LogP contribution >= 0.6 is 0 Å². The molecule has 86 valence electrons. The second kappa shape index (κ2) is 3.31. The van der Waals surface area contributed by atoms with Crippen LogP contribution in [0.2, 0.25) is 0 Å². The van der Waals surface area contributed by atoms with Gasteiger partial charge in [-0.2, -0.15) is 4.31 Å². The maximum Gasteiger partial charge on any atom is 0.217 e. The number of hydrogen-bond donors (Lipinski definition) is 0. The van der Waals surface area contributed by atoms with Crippen LogP contribution in [0.5, 0.6) is 0 Å². The van der Waals surface area contributed by atoms with Crippen molar-refractivity contribution in [3.8, 4) is 0 Å². The molecule has 1 fully saturated rings. The average molecular weight is 237 g/mol. The molecule has 1 aliphatic carbocycles. The molecule has 0 unspecified atom stereocenters. The van der Waals surface area contributed by atoms with Gasteiger partial charge in [-0.05, 0) is 30.9 Å². The zero-order chi connectivity index (χ0) is 11.3. The highest BCUT2D eigenvalue weighted by Gasteiger charge is 2.41. The first-order valence-corrected chi connectivity index (χ1v) is 7.15. The van der Waals surface area contributed by atoms with Crippen molar-refractivity contribution in [1.29, 1.82) is 0 Å². The Balaban J connectivity index is 1.90. The Labute approximate surface area is 96.1 Å². The van der Waals surface area contributed by atoms with E-state index in [1.807, 2.05) is 19.1 Å². The number of rotatable bonds is 2. The molecule has 0 bridgehead atoms. The fraction of sp³-hybridized carbons (Fsp3) is 0.500. The van der Waals surface area contributed by atoms with E-state index in [9.17, 15) is 8.42 Å². The summed E-state index contributed by atoms with van der Waals surface area (Å²) in [5, 5.41) is -0.0945. The molecule has 0 atom stereocenters. The molecule has 1 heterocycles. The molecule has 0 radical (unpaired) electrons. The molecule has 0 spiro atoms. The van der Waals surface area contributed by atoms with Crippen LogP contribution in [0.1, 0.15) is 29.5 Å². The van der Waals surface area contributed by atoms with Crippen LogP contribution in [0, 0.1) is 6.92 Å². The van der Waals surface area contributed by atoms with Gasteiger partial charge < -0.3 is 0 Å². The standard InChI is InChI=1S/C12H15NO2S/c1-9-2-3-10-7-13(8-11(10)6-9)16(14,15)12-4-5-12/h2-3,6,12H,4-5,7-8H2,1H3. The number of nitrogens with zero attached hydrogens (tertiary/aromatic N) is 1. The second-order valence-corrected chi connectivity index (χ2v) is 7.00. The van der Waals surface area contributed by atoms with Crippen molar-refractivity contribution < 1.29 is 8.42 Å². The minimum atomic E-state index is -3.01. The van der Waals surface area contributed by atoms with Crippen LogP contribution in [0.25, 0.3) is 0 Å². The molecule has 0 N–H and O–H groups in total. The Morgan fingerprint density at radius 1 is 1.19 bits per heavy atom. The van der Waals surface area contributed by atoms with Crippen molar-refractivity contribution in [3.05, 3.63) is 34.9 Å². The zero-order valence-electron chi connectivity index (χ0n) is 9.31. The van der Waals surface area contributed by atoms with Gasteiger partial charge in [0, 0.05) is 13.1 Å². The summed E-state index contributed by atoms with van der Waals surface area (Å²) in [6, 6.07) is 6.19. The SMILES string of the molecule is Cc1ccc2c(c1)CN(S(=O)(=O)C1CC1)C2. The largest absolute Gasteiger partial charge is 0.217 e. The zero-order valence-corrected chi connectivity index (χ0v) is 10.1. The Morgan fingerprint density at radius 2 is 1.88 bits per heavy atom. The van der Waals surface area contributed by atoms with Crippen LogP contribution in [-0.4, -0.2) is 18.0 Å². The quantitative estimate of drug-likeness (QED) is 0.786. The Kier molecular flexibility index (Phi) is 2.13. The molecular formula is C12H15NO2S. The van der Waals surface area contributed by atoms with Crippen molar-refractivity contribution in [2.75, 3.05) is 0 Å². The lowest BCUT2D eigenvalue weighted by Crippen LogP contribution is -2.28. The first kappa shape index (κ1) is 10.3. The fourth-order valence-electron chi connectivity index (χ4n) is 2.25. The van der Waals surface area contributed by atoms with Crippen molar-refractivity contribution in [2.24, 2.45) is 0 Å². The van der Waals surface area contributed by atoms with Gasteiger partial charge in [0.15, 0.2) is 0 Å². The predicted molar refractivity (Wildman–Crippen MR) is 62.4 cm³/mol. The molecule has 3 rings (SSSR count). The van der Waals surface area contributed by atoms with Gasteiger partial charge in [-0.3, -0.25) is 0 Å². The summed E-state index contributed by atoms with van der Waals surface area (Å²) in [6.45, 7) is 3.17. The van der Waals surface area contributed by atoms with Gasteiger partial charge in [0.1, 0.15) is 0 Å². The van der Waals surface area contributed by atoms with E-state index in [0.29, 0.717) is 13.1 Å². The third-order valence-electron chi connectivity index (χ3n) is 3.36. The molecule has 3 nitrogen and oxygen atoms in total. The summed E-state index contributed by atoms with van der Waals surface area (Å²) < 4.78 is 25.8. The minimum absolute atomic E-state index is 0.0945. The van der Waals surface area contributed by atoms with E-state index in [4.69, 9.17) is 0 Å². The molecule has 2 aliphatic rings. The molecule has 4 heteroatoms. The lowest BCUT2D eigenvalue weighted by atomic mass is 10.1. The van der Waals surface area contributed by atoms with Crippen molar-refractivity contribution in [2.45, 2.75) is 38.1 Å². The normalized spacial score (nSPS) is 21.1. The van der Waals surface area contributed by atoms with Crippen LogP contribution in [-0.2, 0) is 23.1 Å². The Bertz CT molecular complexity index is 532. The third kappa shape index (κ3) is 1.57. The highest BCUT2D eigenvalue weighted by atomic mass is 32.2. The number of fused-ring (bicyclic) bond motifs is 1. The second-order valence-electron chi connectivity index (χ2n) is 4.78. The van der Waals surface area contributed by atoms with Crippen molar-refractivity contribution in [3.63, 3.8) is 0 Å². The summed E-state index contributed by atoms with van der Waals surface area (Å²) in [6.07, 6.45) is 1.68. The summed E-state index contributed by atoms with van der Waals surface area (Å²) in [5.41, 5.74) is 3.53. The van der Waals surface area contributed by atoms with Gasteiger partial charge in [0.05, 0.1) is 5.25 Å². The van der Waals surface area contributed by atoms with E-state index >= 15 is 0 Å². The van der Waals surface area contributed by atoms with Crippen LogP contribution in [0.4, 0.5) is 0 Å². The highest BCUT2D eigenvalue weighted by molar-refractivity contribution is 7.90. The van der Waals surface area contributed by atoms with E-state index in [2.05, 4.69) is 6.07 Å². The number of benzene rings is 1. The van der Waals surface area contributed by atoms with E-state index in [0.717, 1.165) is 18.4 Å². The van der Waals surface area contributed by atoms with Gasteiger partial charge in [0.2, 0.25) is 10.0 Å². The van der Waals surface area contributed by atoms with Crippen molar-refractivity contribution in [1.82, 2.24) is 4.31 Å². The van der Waals surface area contributed by atoms with E-state index in [-0.39, 0.29) is 5.25 Å². The van der Waals surface area contributed by atoms with E-state index in [1.54, 1.807) is 4.31 Å². The van der Waals surface area contributed by atoms with Gasteiger partial charge in [0.25, 0.3) is 0 Å². The molecular weight excluding hydrogens is 222 g/mol. The molecule has 1 aromatic rings. The van der Waals surface area contributed by atoms with Crippen LogP contribution in [0.15, 0.2) is 18.2 Å². The lowest BCUT2D eigenvalue weighted by molar-refractivity contribution is 0.430. The fourth-order valence-corrected chi connectivity index (χ4v) is 4.04. The third-order valence-corrected chi connectivity index (χ3v) is 5.65. The van der Waals surface area contributed by atoms with E-state index in [1.165, 1.54) is 11.1 Å². The van der Waals surface area contributed by atoms with E-state index < -0.39 is 10.0 Å². The topological polar surface area (TPSA) is 37.4 Å². The smallest absolute Gasteiger partial charge is 0.212 e. The maximum absolute atomic E-state index is 12.1. The summed E-state index contributed by atoms with van der Waals surface area (Å²) in [4.78, 5) is 0. The number of aryl methyl sites for hydroxylation is 1. The monoisotopic (exact) mass is 237 g/mol. The minimum Gasteiger partial charge on any atom is -0.212 e. The molecule has 16 heavy (non-hydrogen) atoms. The van der Waals surface area contributed by atoms with Crippen molar-refractivity contribution >= 4 is 10.0 Å². The molecule has 0 aromatic heterocycles. The van der Waals surface area contributed by atoms with Crippen LogP contribution < -0.4 is 0 Å². The van der Waals surface area contributed by atoms with Gasteiger partial charge >= 0.3 is 0 Å². The molecule has 1 saturated carbocycles. The first-order chi connectivity index (χ1) is 7.57. The molecule has 1 aromatic carbocycles. The average Bonchev–Trinajstić information content (AvgIpc) is 2.99. The predicted octanol–water partition coefficient (Wildman–Crippen LogP) is 1.80. The molecule has 1 aliphatic heterocycles.